The SMILES string of the molecule is CCOc1cc(C2CCCCC2NC(=O)c2ccc(C(=O)OC)cc2)ccc1OC. The Morgan fingerprint density at radius 2 is 1.67 bits per heavy atom. The minimum absolute atomic E-state index is 0.0365. The summed E-state index contributed by atoms with van der Waals surface area (Å²) in [5, 5.41) is 3.20. The van der Waals surface area contributed by atoms with E-state index in [1.165, 1.54) is 7.11 Å². The molecular weight excluding hydrogens is 382 g/mol. The van der Waals surface area contributed by atoms with Crippen molar-refractivity contribution in [2.45, 2.75) is 44.6 Å². The summed E-state index contributed by atoms with van der Waals surface area (Å²) in [4.78, 5) is 24.4. The smallest absolute Gasteiger partial charge is 0.337 e. The van der Waals surface area contributed by atoms with Crippen molar-refractivity contribution in [2.24, 2.45) is 0 Å². The van der Waals surface area contributed by atoms with Gasteiger partial charge in [0.2, 0.25) is 0 Å². The Morgan fingerprint density at radius 3 is 2.33 bits per heavy atom. The van der Waals surface area contributed by atoms with Gasteiger partial charge in [0, 0.05) is 17.5 Å². The highest BCUT2D eigenvalue weighted by atomic mass is 16.5. The molecule has 0 heterocycles. The maximum absolute atomic E-state index is 12.8. The lowest BCUT2D eigenvalue weighted by atomic mass is 9.79. The molecule has 6 heteroatoms. The van der Waals surface area contributed by atoms with Crippen LogP contribution in [0.5, 0.6) is 11.5 Å². The Morgan fingerprint density at radius 1 is 0.967 bits per heavy atom. The van der Waals surface area contributed by atoms with E-state index in [2.05, 4.69) is 11.4 Å². The lowest BCUT2D eigenvalue weighted by molar-refractivity contribution is 0.0600. The molecule has 2 unspecified atom stereocenters. The van der Waals surface area contributed by atoms with Crippen LogP contribution < -0.4 is 14.8 Å². The molecule has 1 amide bonds. The standard InChI is InChI=1S/C24H29NO5/c1-4-30-22-15-18(13-14-21(22)28-2)19-7-5-6-8-20(19)25-23(26)16-9-11-17(12-10-16)24(27)29-3/h9-15,19-20H,4-8H2,1-3H3,(H,25,26). The molecule has 160 valence electrons. The van der Waals surface area contributed by atoms with E-state index < -0.39 is 5.97 Å². The zero-order valence-corrected chi connectivity index (χ0v) is 17.8. The Bertz CT molecular complexity index is 878. The van der Waals surface area contributed by atoms with Crippen LogP contribution in [0.1, 0.15) is 64.8 Å². The van der Waals surface area contributed by atoms with Gasteiger partial charge < -0.3 is 19.5 Å². The molecule has 2 aromatic carbocycles. The molecule has 2 atom stereocenters. The van der Waals surface area contributed by atoms with E-state index in [1.54, 1.807) is 31.4 Å². The maximum atomic E-state index is 12.8. The first-order valence-electron chi connectivity index (χ1n) is 10.4. The quantitative estimate of drug-likeness (QED) is 0.686. The van der Waals surface area contributed by atoms with Crippen molar-refractivity contribution in [2.75, 3.05) is 20.8 Å². The second-order valence-electron chi connectivity index (χ2n) is 7.38. The normalized spacial score (nSPS) is 18.4. The van der Waals surface area contributed by atoms with Crippen LogP contribution in [0.3, 0.4) is 0 Å². The lowest BCUT2D eigenvalue weighted by Gasteiger charge is -2.33. The van der Waals surface area contributed by atoms with E-state index in [0.717, 1.165) is 37.0 Å². The third-order valence-electron chi connectivity index (χ3n) is 5.57. The first-order chi connectivity index (χ1) is 14.6. The monoisotopic (exact) mass is 411 g/mol. The zero-order valence-electron chi connectivity index (χ0n) is 17.8. The molecule has 3 rings (SSSR count). The highest BCUT2D eigenvalue weighted by molar-refractivity contribution is 5.96. The van der Waals surface area contributed by atoms with Crippen molar-refractivity contribution < 1.29 is 23.8 Å². The highest BCUT2D eigenvalue weighted by Gasteiger charge is 2.29. The third kappa shape index (κ3) is 4.93. The number of carbonyl (C=O) groups is 2. The Labute approximate surface area is 177 Å². The van der Waals surface area contributed by atoms with Crippen molar-refractivity contribution in [1.29, 1.82) is 0 Å². The highest BCUT2D eigenvalue weighted by Crippen LogP contribution is 2.37. The average Bonchev–Trinajstić information content (AvgIpc) is 2.79. The second-order valence-corrected chi connectivity index (χ2v) is 7.38. The first kappa shape index (κ1) is 21.7. The molecule has 1 aliphatic carbocycles. The summed E-state index contributed by atoms with van der Waals surface area (Å²) in [5.41, 5.74) is 2.09. The molecule has 30 heavy (non-hydrogen) atoms. The minimum Gasteiger partial charge on any atom is -0.493 e. The molecule has 0 aliphatic heterocycles. The number of amides is 1. The van der Waals surface area contributed by atoms with E-state index in [9.17, 15) is 9.59 Å². The van der Waals surface area contributed by atoms with E-state index in [-0.39, 0.29) is 17.9 Å². The predicted molar refractivity (Wildman–Crippen MR) is 114 cm³/mol. The van der Waals surface area contributed by atoms with E-state index in [4.69, 9.17) is 14.2 Å². The summed E-state index contributed by atoms with van der Waals surface area (Å²) in [6.07, 6.45) is 4.13. The molecule has 0 saturated heterocycles. The molecule has 1 aliphatic rings. The lowest BCUT2D eigenvalue weighted by Crippen LogP contribution is -2.41. The Hall–Kier alpha value is -3.02. The van der Waals surface area contributed by atoms with E-state index >= 15 is 0 Å². The van der Waals surface area contributed by atoms with Crippen molar-refractivity contribution in [3.05, 3.63) is 59.2 Å². The van der Waals surface area contributed by atoms with E-state index in [1.807, 2.05) is 19.1 Å². The Kier molecular flexibility index (Phi) is 7.33. The van der Waals surface area contributed by atoms with Crippen molar-refractivity contribution in [1.82, 2.24) is 5.32 Å². The van der Waals surface area contributed by atoms with Crippen molar-refractivity contribution in [3.8, 4) is 11.5 Å². The van der Waals surface area contributed by atoms with Crippen LogP contribution in [0, 0.1) is 0 Å². The molecule has 1 fully saturated rings. The number of carbonyl (C=O) groups excluding carboxylic acids is 2. The van der Waals surface area contributed by atoms with Crippen molar-refractivity contribution in [3.63, 3.8) is 0 Å². The van der Waals surface area contributed by atoms with Gasteiger partial charge >= 0.3 is 5.97 Å². The topological polar surface area (TPSA) is 73.9 Å². The van der Waals surface area contributed by atoms with Gasteiger partial charge in [0.05, 0.1) is 26.4 Å². The van der Waals surface area contributed by atoms with Gasteiger partial charge in [-0.1, -0.05) is 18.9 Å². The predicted octanol–water partition coefficient (Wildman–Crippen LogP) is 4.34. The fourth-order valence-corrected chi connectivity index (χ4v) is 4.02. The largest absolute Gasteiger partial charge is 0.493 e. The molecule has 1 saturated carbocycles. The molecule has 0 bridgehead atoms. The van der Waals surface area contributed by atoms with Crippen molar-refractivity contribution >= 4 is 11.9 Å². The number of esters is 1. The molecule has 0 radical (unpaired) electrons. The van der Waals surface area contributed by atoms with Gasteiger partial charge in [-0.25, -0.2) is 4.79 Å². The number of rotatable bonds is 7. The summed E-state index contributed by atoms with van der Waals surface area (Å²) < 4.78 is 15.8. The van der Waals surface area contributed by atoms with E-state index in [0.29, 0.717) is 23.5 Å². The van der Waals surface area contributed by atoms with Crippen LogP contribution in [0.25, 0.3) is 0 Å². The zero-order chi connectivity index (χ0) is 21.5. The van der Waals surface area contributed by atoms with Gasteiger partial charge in [0.15, 0.2) is 11.5 Å². The van der Waals surface area contributed by atoms with Crippen LogP contribution in [-0.4, -0.2) is 38.7 Å². The van der Waals surface area contributed by atoms with Crippen LogP contribution >= 0.6 is 0 Å². The second kappa shape index (κ2) is 10.1. The summed E-state index contributed by atoms with van der Waals surface area (Å²) >= 11 is 0. The summed E-state index contributed by atoms with van der Waals surface area (Å²) in [5.74, 6) is 1.09. The number of methoxy groups -OCH3 is 2. The first-order valence-corrected chi connectivity index (χ1v) is 10.4. The van der Waals surface area contributed by atoms with Gasteiger partial charge in [-0.3, -0.25) is 4.79 Å². The molecule has 6 nitrogen and oxygen atoms in total. The molecule has 1 N–H and O–H groups in total. The van der Waals surface area contributed by atoms with Gasteiger partial charge in [-0.15, -0.1) is 0 Å². The fraction of sp³-hybridized carbons (Fsp3) is 0.417. The number of hydrogen-bond donors (Lipinski definition) is 1. The molecule has 0 aromatic heterocycles. The van der Waals surface area contributed by atoms with Gasteiger partial charge in [-0.05, 0) is 61.7 Å². The number of hydrogen-bond acceptors (Lipinski definition) is 5. The van der Waals surface area contributed by atoms with Crippen LogP contribution in [0.4, 0.5) is 0 Å². The number of benzene rings is 2. The Balaban J connectivity index is 1.76. The summed E-state index contributed by atoms with van der Waals surface area (Å²) in [6.45, 7) is 2.51. The van der Waals surface area contributed by atoms with Crippen LogP contribution in [-0.2, 0) is 4.74 Å². The molecule has 0 spiro atoms. The van der Waals surface area contributed by atoms with Crippen LogP contribution in [0.2, 0.25) is 0 Å². The van der Waals surface area contributed by atoms with Gasteiger partial charge in [-0.2, -0.15) is 0 Å². The maximum Gasteiger partial charge on any atom is 0.337 e. The van der Waals surface area contributed by atoms with Crippen LogP contribution in [0.15, 0.2) is 42.5 Å². The molecular formula is C24H29NO5. The average molecular weight is 411 g/mol. The van der Waals surface area contributed by atoms with Gasteiger partial charge in [0.1, 0.15) is 0 Å². The number of nitrogens with one attached hydrogen (secondary N) is 1. The number of ether oxygens (including phenoxy) is 3. The summed E-state index contributed by atoms with van der Waals surface area (Å²) in [7, 11) is 2.97. The summed E-state index contributed by atoms with van der Waals surface area (Å²) in [6, 6.07) is 12.6. The third-order valence-corrected chi connectivity index (χ3v) is 5.57. The minimum atomic E-state index is -0.418. The van der Waals surface area contributed by atoms with Gasteiger partial charge in [0.25, 0.3) is 5.91 Å². The molecule has 2 aromatic rings. The fourth-order valence-electron chi connectivity index (χ4n) is 4.02.